The van der Waals surface area contributed by atoms with Crippen molar-refractivity contribution in [2.24, 2.45) is 13.0 Å². The van der Waals surface area contributed by atoms with Crippen LogP contribution in [0.4, 0.5) is 23.2 Å². The van der Waals surface area contributed by atoms with Crippen molar-refractivity contribution in [3.8, 4) is 23.0 Å². The number of hydrogen-bond donors (Lipinski definition) is 2. The third-order valence-electron chi connectivity index (χ3n) is 12.4. The number of alkyl halides is 3. The molecule has 336 valence electrons. The van der Waals surface area contributed by atoms with Gasteiger partial charge in [-0.3, -0.25) is 19.8 Å². The summed E-state index contributed by atoms with van der Waals surface area (Å²) in [6, 6.07) is 15.4. The number of allylic oxidation sites excluding steroid dienone is 2. The number of aromatic hydroxyl groups is 1. The van der Waals surface area contributed by atoms with Gasteiger partial charge in [0.15, 0.2) is 11.5 Å². The second-order valence-electron chi connectivity index (χ2n) is 15.7. The molecule has 65 heavy (non-hydrogen) atoms. The van der Waals surface area contributed by atoms with E-state index < -0.39 is 75.7 Å². The lowest BCUT2D eigenvalue weighted by molar-refractivity contribution is -0.274. The molecule has 4 aromatic carbocycles. The third-order valence-corrected chi connectivity index (χ3v) is 12.6. The van der Waals surface area contributed by atoms with Crippen molar-refractivity contribution in [2.45, 2.75) is 49.7 Å². The van der Waals surface area contributed by atoms with Gasteiger partial charge in [0, 0.05) is 48.6 Å². The molecular formula is C44H36ClF4N7O9. The molecule has 9 rings (SSSR count). The van der Waals surface area contributed by atoms with Crippen molar-refractivity contribution >= 4 is 40.1 Å². The molecule has 0 unspecified atom stereocenters. The normalized spacial score (nSPS) is 20.3. The zero-order valence-electron chi connectivity index (χ0n) is 34.4. The smallest absolute Gasteiger partial charge is 0.508 e. The summed E-state index contributed by atoms with van der Waals surface area (Å²) >= 11 is 6.31. The molecule has 4 heterocycles. The van der Waals surface area contributed by atoms with Crippen LogP contribution in [0.3, 0.4) is 0 Å². The summed E-state index contributed by atoms with van der Waals surface area (Å²) in [5.41, 5.74) is -0.321. The lowest BCUT2D eigenvalue weighted by atomic mass is 9.53. The summed E-state index contributed by atoms with van der Waals surface area (Å²) < 4.78 is 74.7. The number of amides is 2. The zero-order valence-corrected chi connectivity index (χ0v) is 35.2. The molecule has 2 amide bonds. The molecule has 1 aliphatic carbocycles. The summed E-state index contributed by atoms with van der Waals surface area (Å²) in [7, 11) is 4.42. The van der Waals surface area contributed by atoms with Gasteiger partial charge >= 0.3 is 17.7 Å². The number of phenolic OH excluding ortho intramolecular Hbond substituents is 1. The monoisotopic (exact) mass is 917 g/mol. The first-order chi connectivity index (χ1) is 31.0. The average molecular weight is 918 g/mol. The Labute approximate surface area is 369 Å². The van der Waals surface area contributed by atoms with Gasteiger partial charge in [0.2, 0.25) is 0 Å². The predicted molar refractivity (Wildman–Crippen MR) is 225 cm³/mol. The molecule has 21 heteroatoms. The fourth-order valence-corrected chi connectivity index (χ4v) is 9.68. The maximum atomic E-state index is 15.3. The second-order valence-corrected chi connectivity index (χ2v) is 16.1. The number of hydrogen-bond acceptors (Lipinski definition) is 11. The Morgan fingerprint density at radius 1 is 0.923 bits per heavy atom. The van der Waals surface area contributed by atoms with E-state index in [9.17, 15) is 41.8 Å². The van der Waals surface area contributed by atoms with Crippen molar-refractivity contribution < 1.29 is 46.5 Å². The molecule has 1 saturated carbocycles. The first-order valence-electron chi connectivity index (χ1n) is 20.0. The molecule has 2 aromatic heterocycles. The summed E-state index contributed by atoms with van der Waals surface area (Å²) in [6.45, 7) is -0.610. The number of imide groups is 1. The number of nitrogens with zero attached hydrogens (tertiary/aromatic N) is 6. The largest absolute Gasteiger partial charge is 0.573 e. The van der Waals surface area contributed by atoms with Crippen LogP contribution in [0.15, 0.2) is 105 Å². The number of nitrogens with one attached hydrogen (secondary N) is 1. The number of hydrazine groups is 1. The first-order valence-corrected chi connectivity index (χ1v) is 20.3. The Kier molecular flexibility index (Phi) is 10.4. The molecule has 2 N–H and O–H groups in total. The minimum Gasteiger partial charge on any atom is -0.508 e. The number of anilines is 1. The lowest BCUT2D eigenvalue weighted by Crippen LogP contribution is -2.53. The molecule has 4 atom stereocenters. The molecule has 16 nitrogen and oxygen atoms in total. The second kappa shape index (κ2) is 15.7. The highest BCUT2D eigenvalue weighted by atomic mass is 35.5. The number of halogens is 5. The number of rotatable bonds is 10. The fraction of sp³-hybridized carbons (Fsp3) is 0.273. The average Bonchev–Trinajstić information content (AvgIpc) is 3.65. The van der Waals surface area contributed by atoms with Gasteiger partial charge in [-0.05, 0) is 72.2 Å². The predicted octanol–water partition coefficient (Wildman–Crippen LogP) is 5.33. The van der Waals surface area contributed by atoms with Crippen LogP contribution in [-0.2, 0) is 41.6 Å². The number of carbonyl (C=O) groups is 2. The van der Waals surface area contributed by atoms with Crippen molar-refractivity contribution in [3.63, 3.8) is 0 Å². The van der Waals surface area contributed by atoms with E-state index in [1.54, 1.807) is 18.2 Å². The highest BCUT2D eigenvalue weighted by molar-refractivity contribution is 6.30. The van der Waals surface area contributed by atoms with Crippen molar-refractivity contribution in [3.05, 3.63) is 149 Å². The van der Waals surface area contributed by atoms with Crippen LogP contribution in [0, 0.1) is 11.7 Å². The van der Waals surface area contributed by atoms with Gasteiger partial charge in [0.05, 0.1) is 54.9 Å². The van der Waals surface area contributed by atoms with Gasteiger partial charge in [-0.15, -0.1) is 13.2 Å². The number of aryl methyl sites for hydroxylation is 2. The molecular weight excluding hydrogens is 882 g/mol. The number of fused-ring (bicyclic) bond motifs is 5. The van der Waals surface area contributed by atoms with Crippen LogP contribution in [0.25, 0.3) is 11.0 Å². The molecule has 0 spiro atoms. The van der Waals surface area contributed by atoms with Crippen molar-refractivity contribution in [2.75, 3.05) is 19.6 Å². The highest BCUT2D eigenvalue weighted by Crippen LogP contribution is 2.63. The van der Waals surface area contributed by atoms with E-state index in [0.29, 0.717) is 22.5 Å². The van der Waals surface area contributed by atoms with Gasteiger partial charge in [-0.2, -0.15) is 5.01 Å². The maximum absolute atomic E-state index is 15.3. The zero-order chi connectivity index (χ0) is 46.3. The van der Waals surface area contributed by atoms with Crippen LogP contribution in [-0.4, -0.2) is 66.0 Å². The Hall–Kier alpha value is -7.35. The summed E-state index contributed by atoms with van der Waals surface area (Å²) in [6.07, 6.45) is -4.11. The van der Waals surface area contributed by atoms with E-state index in [-0.39, 0.29) is 59.0 Å². The Balaban J connectivity index is 1.19. The van der Waals surface area contributed by atoms with E-state index in [1.807, 2.05) is 0 Å². The standard InChI is InChI=1S/C44H36ClF4N7O9/c1-52-33-21-36(64-3)35(63-2)20-31(33)50-30(39(52)59)15-16-53-41(61)54-17-14-27-32(56(54)42(53)62)19-29-38(58)55(51-25-10-8-24(46)9-11-25)40(60)43(29,22-4-6-23(45)7-5-22)37(27)28-18-26(12-13-34(28)57)65-44(47,48)49/h4-14,18,20-21,29,32,37,51,57H,15-17,19H2,1-3H3/t29-,32+,37+,43+/m0/s1. The van der Waals surface area contributed by atoms with Gasteiger partial charge in [0.25, 0.3) is 17.4 Å². The van der Waals surface area contributed by atoms with Crippen LogP contribution in [0.1, 0.15) is 35.2 Å². The highest BCUT2D eigenvalue weighted by Gasteiger charge is 2.69. The molecule has 6 aromatic rings. The SMILES string of the molecule is COc1cc2nc(CCn3c(=O)n4n(c3=O)[C@@H]3C[C@H]5C(=O)N(Nc6ccc(F)cc6)C(=O)[C@@]5(c5ccc(Cl)cc5)[C@@H](c5cc(OC(F)(F)F)ccc5O)C3=CC4)c(=O)n(C)c2cc1OC. The maximum Gasteiger partial charge on any atom is 0.573 e. The Bertz CT molecular complexity index is 3160. The lowest BCUT2D eigenvalue weighted by Gasteiger charge is -2.49. The van der Waals surface area contributed by atoms with E-state index in [1.165, 1.54) is 62.2 Å². The number of aromatic nitrogens is 5. The molecule has 0 bridgehead atoms. The summed E-state index contributed by atoms with van der Waals surface area (Å²) in [5.74, 6) is -5.86. The molecule has 3 aliphatic rings. The molecule has 2 fully saturated rings. The van der Waals surface area contributed by atoms with Crippen molar-refractivity contribution in [1.29, 1.82) is 0 Å². The summed E-state index contributed by atoms with van der Waals surface area (Å²) in [5, 5.41) is 12.6. The fourth-order valence-electron chi connectivity index (χ4n) is 9.55. The van der Waals surface area contributed by atoms with Gasteiger partial charge < -0.3 is 23.9 Å². The van der Waals surface area contributed by atoms with E-state index in [2.05, 4.69) is 15.1 Å². The van der Waals surface area contributed by atoms with Gasteiger partial charge in [-0.25, -0.2) is 32.9 Å². The number of methoxy groups -OCH3 is 2. The van der Waals surface area contributed by atoms with Crippen LogP contribution in [0.5, 0.6) is 23.0 Å². The Morgan fingerprint density at radius 2 is 1.62 bits per heavy atom. The number of phenols is 1. The minimum atomic E-state index is -5.17. The first kappa shape index (κ1) is 42.9. The van der Waals surface area contributed by atoms with Crippen LogP contribution >= 0.6 is 11.6 Å². The third kappa shape index (κ3) is 6.89. The topological polar surface area (TPSA) is 181 Å². The van der Waals surface area contributed by atoms with Gasteiger partial charge in [0.1, 0.15) is 23.0 Å². The molecule has 1 saturated heterocycles. The number of benzene rings is 4. The van der Waals surface area contributed by atoms with E-state index >= 15 is 4.79 Å². The molecule has 2 aliphatic heterocycles. The van der Waals surface area contributed by atoms with E-state index in [0.717, 1.165) is 49.3 Å². The van der Waals surface area contributed by atoms with Crippen LogP contribution < -0.4 is 36.6 Å². The minimum absolute atomic E-state index is 0.0252. The van der Waals surface area contributed by atoms with Crippen LogP contribution in [0.2, 0.25) is 5.02 Å². The number of ether oxygens (including phenoxy) is 3. The summed E-state index contributed by atoms with van der Waals surface area (Å²) in [4.78, 5) is 77.1. The quantitative estimate of drug-likeness (QED) is 0.103. The van der Waals surface area contributed by atoms with E-state index in [4.69, 9.17) is 21.1 Å². The Morgan fingerprint density at radius 3 is 2.29 bits per heavy atom. The van der Waals surface area contributed by atoms with Crippen molar-refractivity contribution in [1.82, 2.24) is 28.5 Å². The molecule has 0 radical (unpaired) electrons. The number of carbonyl (C=O) groups excluding carboxylic acids is 2. The van der Waals surface area contributed by atoms with Gasteiger partial charge in [-0.1, -0.05) is 29.8 Å².